The highest BCUT2D eigenvalue weighted by molar-refractivity contribution is 5.91. The number of carbonyl (C=O) groups is 1. The van der Waals surface area contributed by atoms with Crippen LogP contribution >= 0.6 is 12.4 Å². The van der Waals surface area contributed by atoms with Crippen molar-refractivity contribution in [2.75, 3.05) is 11.9 Å². The first-order valence-electron chi connectivity index (χ1n) is 6.90. The third-order valence-corrected chi connectivity index (χ3v) is 4.03. The van der Waals surface area contributed by atoms with Crippen molar-refractivity contribution >= 4 is 24.0 Å². The summed E-state index contributed by atoms with van der Waals surface area (Å²) in [6.07, 6.45) is 5.85. The molecule has 1 saturated carbocycles. The molecule has 1 amide bonds. The van der Waals surface area contributed by atoms with E-state index < -0.39 is 5.82 Å². The van der Waals surface area contributed by atoms with Gasteiger partial charge < -0.3 is 11.1 Å². The first kappa shape index (κ1) is 16.9. The molecule has 20 heavy (non-hydrogen) atoms. The molecule has 1 aliphatic carbocycles. The third kappa shape index (κ3) is 4.18. The maximum Gasteiger partial charge on any atom is 0.225 e. The molecule has 0 unspecified atom stereocenters. The number of anilines is 1. The number of nitrogens with two attached hydrogens (primary N) is 1. The molecule has 1 aromatic rings. The molecule has 2 rings (SSSR count). The Bertz CT molecular complexity index is 447. The molecule has 1 aromatic carbocycles. The van der Waals surface area contributed by atoms with Crippen molar-refractivity contribution in [3.63, 3.8) is 0 Å². The highest BCUT2D eigenvalue weighted by Crippen LogP contribution is 2.38. The van der Waals surface area contributed by atoms with E-state index in [1.54, 1.807) is 18.2 Å². The van der Waals surface area contributed by atoms with E-state index in [9.17, 15) is 9.18 Å². The lowest BCUT2D eigenvalue weighted by atomic mass is 9.71. The van der Waals surface area contributed by atoms with Crippen LogP contribution in [0.2, 0.25) is 0 Å². The van der Waals surface area contributed by atoms with Gasteiger partial charge in [0.2, 0.25) is 5.91 Å². The summed E-state index contributed by atoms with van der Waals surface area (Å²) in [4.78, 5) is 12.1. The predicted octanol–water partition coefficient (Wildman–Crippen LogP) is 3.49. The Morgan fingerprint density at radius 1 is 1.25 bits per heavy atom. The minimum atomic E-state index is -0.402. The molecule has 0 aromatic heterocycles. The first-order chi connectivity index (χ1) is 9.15. The van der Waals surface area contributed by atoms with Crippen molar-refractivity contribution in [3.8, 4) is 0 Å². The maximum atomic E-state index is 13.5. The van der Waals surface area contributed by atoms with Gasteiger partial charge in [0.1, 0.15) is 5.82 Å². The monoisotopic (exact) mass is 300 g/mol. The topological polar surface area (TPSA) is 55.1 Å². The van der Waals surface area contributed by atoms with Crippen LogP contribution in [-0.4, -0.2) is 12.5 Å². The Morgan fingerprint density at radius 3 is 2.50 bits per heavy atom. The van der Waals surface area contributed by atoms with Crippen molar-refractivity contribution in [3.05, 3.63) is 30.1 Å². The summed E-state index contributed by atoms with van der Waals surface area (Å²) in [7, 11) is 0. The van der Waals surface area contributed by atoms with Crippen molar-refractivity contribution < 1.29 is 9.18 Å². The molecule has 112 valence electrons. The molecule has 1 aliphatic rings. The van der Waals surface area contributed by atoms with E-state index in [0.29, 0.717) is 13.0 Å². The van der Waals surface area contributed by atoms with Crippen LogP contribution in [0, 0.1) is 11.2 Å². The fourth-order valence-corrected chi connectivity index (χ4v) is 2.85. The Kier molecular flexibility index (Phi) is 6.43. The summed E-state index contributed by atoms with van der Waals surface area (Å²) < 4.78 is 13.5. The largest absolute Gasteiger partial charge is 0.330 e. The maximum absolute atomic E-state index is 13.5. The molecular weight excluding hydrogens is 279 g/mol. The van der Waals surface area contributed by atoms with Crippen molar-refractivity contribution in [2.45, 2.75) is 38.5 Å². The summed E-state index contributed by atoms with van der Waals surface area (Å²) in [6.45, 7) is 0.525. The van der Waals surface area contributed by atoms with Gasteiger partial charge in [-0.2, -0.15) is 0 Å². The van der Waals surface area contributed by atoms with Gasteiger partial charge in [-0.05, 0) is 36.9 Å². The van der Waals surface area contributed by atoms with Gasteiger partial charge in [-0.25, -0.2) is 4.39 Å². The normalized spacial score (nSPS) is 17.1. The van der Waals surface area contributed by atoms with Crippen LogP contribution in [0.15, 0.2) is 24.3 Å². The van der Waals surface area contributed by atoms with Crippen LogP contribution in [0.5, 0.6) is 0 Å². The number of halogens is 2. The van der Waals surface area contributed by atoms with Gasteiger partial charge >= 0.3 is 0 Å². The van der Waals surface area contributed by atoms with E-state index in [1.165, 1.54) is 12.5 Å². The van der Waals surface area contributed by atoms with Gasteiger partial charge in [-0.3, -0.25) is 4.79 Å². The number of amides is 1. The van der Waals surface area contributed by atoms with Crippen molar-refractivity contribution in [1.29, 1.82) is 0 Å². The lowest BCUT2D eigenvalue weighted by Crippen LogP contribution is -2.36. The summed E-state index contributed by atoms with van der Waals surface area (Å²) >= 11 is 0. The Hall–Kier alpha value is -1.13. The Balaban J connectivity index is 0.00000200. The zero-order chi connectivity index (χ0) is 13.7. The van der Waals surface area contributed by atoms with E-state index in [2.05, 4.69) is 5.32 Å². The van der Waals surface area contributed by atoms with E-state index in [0.717, 1.165) is 25.7 Å². The molecule has 5 heteroatoms. The lowest BCUT2D eigenvalue weighted by molar-refractivity contribution is -0.118. The van der Waals surface area contributed by atoms with Crippen LogP contribution in [0.4, 0.5) is 10.1 Å². The van der Waals surface area contributed by atoms with Gasteiger partial charge in [0, 0.05) is 6.42 Å². The van der Waals surface area contributed by atoms with E-state index in [1.807, 2.05) is 0 Å². The molecule has 0 saturated heterocycles. The molecule has 0 bridgehead atoms. The van der Waals surface area contributed by atoms with Crippen LogP contribution in [0.1, 0.15) is 38.5 Å². The standard InChI is InChI=1S/C15H21FN2O.ClH/c16-12-6-2-3-7-13(12)18-14(19)10-15(11-17)8-4-1-5-9-15;/h2-3,6-7H,1,4-5,8-11,17H2,(H,18,19);1H. The van der Waals surface area contributed by atoms with Crippen molar-refractivity contribution in [1.82, 2.24) is 0 Å². The van der Waals surface area contributed by atoms with E-state index in [-0.39, 0.29) is 29.4 Å². The number of hydrogen-bond donors (Lipinski definition) is 2. The molecule has 0 spiro atoms. The number of nitrogens with one attached hydrogen (secondary N) is 1. The van der Waals surface area contributed by atoms with Crippen LogP contribution < -0.4 is 11.1 Å². The first-order valence-corrected chi connectivity index (χ1v) is 6.90. The summed E-state index contributed by atoms with van der Waals surface area (Å²) in [5.41, 5.74) is 6.01. The molecule has 0 atom stereocenters. The summed E-state index contributed by atoms with van der Waals surface area (Å²) in [5.74, 6) is -0.543. The quantitative estimate of drug-likeness (QED) is 0.894. The second-order valence-electron chi connectivity index (χ2n) is 5.47. The molecule has 0 aliphatic heterocycles. The Labute approximate surface area is 125 Å². The van der Waals surface area contributed by atoms with Crippen molar-refractivity contribution in [2.24, 2.45) is 11.1 Å². The van der Waals surface area contributed by atoms with E-state index in [4.69, 9.17) is 5.73 Å². The van der Waals surface area contributed by atoms with Crippen LogP contribution in [-0.2, 0) is 4.79 Å². The minimum absolute atomic E-state index is 0. The molecular formula is C15H22ClFN2O. The fraction of sp³-hybridized carbons (Fsp3) is 0.533. The molecule has 3 nitrogen and oxygen atoms in total. The number of rotatable bonds is 4. The average Bonchev–Trinajstić information content (AvgIpc) is 2.42. The van der Waals surface area contributed by atoms with E-state index >= 15 is 0 Å². The zero-order valence-electron chi connectivity index (χ0n) is 11.5. The van der Waals surface area contributed by atoms with Crippen LogP contribution in [0.3, 0.4) is 0 Å². The van der Waals surface area contributed by atoms with Crippen LogP contribution in [0.25, 0.3) is 0 Å². The predicted molar refractivity (Wildman–Crippen MR) is 81.5 cm³/mol. The highest BCUT2D eigenvalue weighted by atomic mass is 35.5. The second kappa shape index (κ2) is 7.60. The zero-order valence-corrected chi connectivity index (χ0v) is 12.3. The van der Waals surface area contributed by atoms with Gasteiger partial charge in [0.05, 0.1) is 5.69 Å². The summed E-state index contributed by atoms with van der Waals surface area (Å²) in [6, 6.07) is 6.23. The van der Waals surface area contributed by atoms with Gasteiger partial charge in [0.15, 0.2) is 0 Å². The molecule has 3 N–H and O–H groups in total. The highest BCUT2D eigenvalue weighted by Gasteiger charge is 2.33. The average molecular weight is 301 g/mol. The van der Waals surface area contributed by atoms with Gasteiger partial charge in [0.25, 0.3) is 0 Å². The smallest absolute Gasteiger partial charge is 0.225 e. The number of para-hydroxylation sites is 1. The summed E-state index contributed by atoms with van der Waals surface area (Å²) in [5, 5.41) is 2.65. The molecule has 1 fully saturated rings. The molecule has 0 heterocycles. The molecule has 0 radical (unpaired) electrons. The number of benzene rings is 1. The minimum Gasteiger partial charge on any atom is -0.330 e. The number of hydrogen-bond acceptors (Lipinski definition) is 2. The fourth-order valence-electron chi connectivity index (χ4n) is 2.85. The van der Waals surface area contributed by atoms with Gasteiger partial charge in [-0.1, -0.05) is 31.4 Å². The third-order valence-electron chi connectivity index (χ3n) is 4.03. The van der Waals surface area contributed by atoms with Gasteiger partial charge in [-0.15, -0.1) is 12.4 Å². The second-order valence-corrected chi connectivity index (χ2v) is 5.47. The Morgan fingerprint density at radius 2 is 1.90 bits per heavy atom. The SMILES string of the molecule is Cl.NCC1(CC(=O)Nc2ccccc2F)CCCCC1. The lowest BCUT2D eigenvalue weighted by Gasteiger charge is -2.35. The number of carbonyl (C=O) groups excluding carboxylic acids is 1.